The fourth-order valence-corrected chi connectivity index (χ4v) is 4.57. The smallest absolute Gasteiger partial charge is 0.184 e. The van der Waals surface area contributed by atoms with Crippen LogP contribution in [0.2, 0.25) is 0 Å². The van der Waals surface area contributed by atoms with E-state index in [0.717, 1.165) is 11.1 Å². The number of methoxy groups -OCH3 is 1. The molecule has 0 amide bonds. The van der Waals surface area contributed by atoms with E-state index >= 15 is 0 Å². The van der Waals surface area contributed by atoms with Crippen molar-refractivity contribution in [2.75, 3.05) is 20.3 Å². The van der Waals surface area contributed by atoms with E-state index in [1.54, 1.807) is 7.11 Å². The van der Waals surface area contributed by atoms with Crippen LogP contribution in [-0.2, 0) is 30.3 Å². The molecule has 6 atom stereocenters. The van der Waals surface area contributed by atoms with Gasteiger partial charge in [-0.05, 0) is 22.4 Å². The Bertz CT molecular complexity index is 1030. The van der Waals surface area contributed by atoms with Gasteiger partial charge in [-0.15, -0.1) is 0 Å². The van der Waals surface area contributed by atoms with Crippen molar-refractivity contribution >= 4 is 10.8 Å². The summed E-state index contributed by atoms with van der Waals surface area (Å²) in [6.07, 6.45) is -2.25. The Kier molecular flexibility index (Phi) is 6.50. The average molecular weight is 437 g/mol. The summed E-state index contributed by atoms with van der Waals surface area (Å²) in [6.45, 7) is 0.619. The summed E-state index contributed by atoms with van der Waals surface area (Å²) >= 11 is 0. The maximum absolute atomic E-state index is 10.1. The van der Waals surface area contributed by atoms with Crippen molar-refractivity contribution in [1.82, 2.24) is 0 Å². The summed E-state index contributed by atoms with van der Waals surface area (Å²) in [5, 5.41) is 12.5. The highest BCUT2D eigenvalue weighted by molar-refractivity contribution is 5.82. The first kappa shape index (κ1) is 21.5. The van der Waals surface area contributed by atoms with Crippen molar-refractivity contribution < 1.29 is 28.8 Å². The summed E-state index contributed by atoms with van der Waals surface area (Å²) in [6, 6.07) is 24.3. The van der Waals surface area contributed by atoms with Crippen molar-refractivity contribution in [2.45, 2.75) is 37.5 Å². The van der Waals surface area contributed by atoms with Crippen molar-refractivity contribution in [3.05, 3.63) is 83.9 Å². The Morgan fingerprint density at radius 1 is 0.938 bits per heavy atom. The van der Waals surface area contributed by atoms with Gasteiger partial charge in [0.05, 0.1) is 31.8 Å². The Morgan fingerprint density at radius 3 is 2.50 bits per heavy atom. The van der Waals surface area contributed by atoms with Crippen LogP contribution in [-0.4, -0.2) is 50.0 Å². The third-order valence-corrected chi connectivity index (χ3v) is 6.23. The number of hydrogen-bond donors (Lipinski definition) is 1. The molecule has 0 saturated carbocycles. The number of aliphatic hydroxyl groups excluding tert-OH is 1. The van der Waals surface area contributed by atoms with Gasteiger partial charge in [-0.2, -0.15) is 0 Å². The van der Waals surface area contributed by atoms with E-state index in [9.17, 15) is 5.11 Å². The van der Waals surface area contributed by atoms with Gasteiger partial charge in [-0.3, -0.25) is 0 Å². The molecule has 0 bridgehead atoms. The lowest BCUT2D eigenvalue weighted by molar-refractivity contribution is -0.358. The van der Waals surface area contributed by atoms with Crippen LogP contribution >= 0.6 is 0 Å². The van der Waals surface area contributed by atoms with Crippen LogP contribution in [0.3, 0.4) is 0 Å². The van der Waals surface area contributed by atoms with E-state index in [2.05, 4.69) is 30.3 Å². The van der Waals surface area contributed by atoms with Crippen LogP contribution in [0.1, 0.15) is 17.4 Å². The fourth-order valence-electron chi connectivity index (χ4n) is 4.57. The molecule has 2 heterocycles. The predicted molar refractivity (Wildman–Crippen MR) is 119 cm³/mol. The third kappa shape index (κ3) is 4.30. The standard InChI is InChI=1S/C26H28O6/c1-28-26-21(14-27)23(29-15-17-11-12-18-7-5-6-10-20(18)13-17)24-22(31-26)16-30-25(32-24)19-8-3-2-4-9-19/h2-13,21-27H,14-16H2,1H3/t21-,22-,23-,24-,25-,26+/m1/s1. The van der Waals surface area contributed by atoms with Gasteiger partial charge in [0.2, 0.25) is 0 Å². The zero-order valence-corrected chi connectivity index (χ0v) is 18.0. The van der Waals surface area contributed by atoms with E-state index in [1.807, 2.05) is 42.5 Å². The molecule has 1 N–H and O–H groups in total. The van der Waals surface area contributed by atoms with Crippen LogP contribution in [0, 0.1) is 5.92 Å². The molecule has 3 aromatic carbocycles. The summed E-state index contributed by atoms with van der Waals surface area (Å²) in [7, 11) is 1.57. The molecule has 0 unspecified atom stereocenters. The molecule has 6 heteroatoms. The first-order valence-electron chi connectivity index (χ1n) is 11.0. The van der Waals surface area contributed by atoms with Gasteiger partial charge >= 0.3 is 0 Å². The number of ether oxygens (including phenoxy) is 5. The monoisotopic (exact) mass is 436 g/mol. The van der Waals surface area contributed by atoms with Crippen LogP contribution in [0.5, 0.6) is 0 Å². The highest BCUT2D eigenvalue weighted by Gasteiger charge is 2.50. The predicted octanol–water partition coefficient (Wildman–Crippen LogP) is 3.82. The summed E-state index contributed by atoms with van der Waals surface area (Å²) < 4.78 is 30.3. The summed E-state index contributed by atoms with van der Waals surface area (Å²) in [4.78, 5) is 0. The van der Waals surface area contributed by atoms with Crippen molar-refractivity contribution in [3.63, 3.8) is 0 Å². The van der Waals surface area contributed by atoms with Crippen LogP contribution in [0.25, 0.3) is 10.8 Å². The van der Waals surface area contributed by atoms with Gasteiger partial charge in [-0.25, -0.2) is 0 Å². The van der Waals surface area contributed by atoms with E-state index < -0.39 is 24.8 Å². The van der Waals surface area contributed by atoms with Crippen molar-refractivity contribution in [3.8, 4) is 0 Å². The summed E-state index contributed by atoms with van der Waals surface area (Å²) in [5.41, 5.74) is 2.00. The molecule has 0 aliphatic carbocycles. The molecule has 2 fully saturated rings. The second-order valence-electron chi connectivity index (χ2n) is 8.26. The molecular formula is C26H28O6. The molecule has 2 aliphatic heterocycles. The van der Waals surface area contributed by atoms with Gasteiger partial charge in [0.1, 0.15) is 12.2 Å². The largest absolute Gasteiger partial charge is 0.396 e. The van der Waals surface area contributed by atoms with Crippen molar-refractivity contribution in [2.24, 2.45) is 5.92 Å². The van der Waals surface area contributed by atoms with Crippen molar-refractivity contribution in [1.29, 1.82) is 0 Å². The first-order valence-corrected chi connectivity index (χ1v) is 11.0. The Hall–Kier alpha value is -2.32. The Labute approximate surface area is 187 Å². The van der Waals surface area contributed by atoms with Gasteiger partial charge in [0, 0.05) is 12.7 Å². The molecule has 32 heavy (non-hydrogen) atoms. The SMILES string of the molecule is CO[C@H]1O[C@@H]2CO[C@@H](c3ccccc3)O[C@H]2[C@H](OCc2ccc3ccccc3c2)[C@H]1CO. The first-order chi connectivity index (χ1) is 15.8. The molecule has 0 spiro atoms. The molecule has 168 valence electrons. The average Bonchev–Trinajstić information content (AvgIpc) is 2.86. The molecule has 2 saturated heterocycles. The molecule has 6 nitrogen and oxygen atoms in total. The van der Waals surface area contributed by atoms with E-state index in [1.165, 1.54) is 10.8 Å². The maximum atomic E-state index is 10.1. The molecular weight excluding hydrogens is 408 g/mol. The lowest BCUT2D eigenvalue weighted by atomic mass is 9.90. The second kappa shape index (κ2) is 9.67. The van der Waals surface area contributed by atoms with Crippen LogP contribution in [0.4, 0.5) is 0 Å². The maximum Gasteiger partial charge on any atom is 0.184 e. The zero-order chi connectivity index (χ0) is 21.9. The molecule has 0 aromatic heterocycles. The number of hydrogen-bond acceptors (Lipinski definition) is 6. The lowest BCUT2D eigenvalue weighted by Crippen LogP contribution is -2.61. The van der Waals surface area contributed by atoms with E-state index in [0.29, 0.717) is 13.2 Å². The van der Waals surface area contributed by atoms with E-state index in [-0.39, 0.29) is 18.6 Å². The van der Waals surface area contributed by atoms with Gasteiger partial charge < -0.3 is 28.8 Å². The summed E-state index contributed by atoms with van der Waals surface area (Å²) in [5.74, 6) is -0.378. The molecule has 3 aromatic rings. The van der Waals surface area contributed by atoms with Crippen LogP contribution < -0.4 is 0 Å². The number of aliphatic hydroxyl groups is 1. The zero-order valence-electron chi connectivity index (χ0n) is 18.0. The normalized spacial score (nSPS) is 30.2. The topological polar surface area (TPSA) is 66.4 Å². The second-order valence-corrected chi connectivity index (χ2v) is 8.26. The highest BCUT2D eigenvalue weighted by Crippen LogP contribution is 2.38. The third-order valence-electron chi connectivity index (χ3n) is 6.23. The van der Waals surface area contributed by atoms with Gasteiger partial charge in [0.25, 0.3) is 0 Å². The number of benzene rings is 3. The Balaban J connectivity index is 1.37. The number of rotatable bonds is 6. The van der Waals surface area contributed by atoms with Crippen LogP contribution in [0.15, 0.2) is 72.8 Å². The fraction of sp³-hybridized carbons (Fsp3) is 0.385. The minimum atomic E-state index is -0.594. The lowest BCUT2D eigenvalue weighted by Gasteiger charge is -2.48. The Morgan fingerprint density at radius 2 is 1.72 bits per heavy atom. The molecule has 5 rings (SSSR count). The molecule has 0 radical (unpaired) electrons. The minimum absolute atomic E-state index is 0.135. The minimum Gasteiger partial charge on any atom is -0.396 e. The quantitative estimate of drug-likeness (QED) is 0.634. The van der Waals surface area contributed by atoms with Gasteiger partial charge in [0.15, 0.2) is 12.6 Å². The number of fused-ring (bicyclic) bond motifs is 2. The highest BCUT2D eigenvalue weighted by atomic mass is 16.7. The molecule has 2 aliphatic rings. The van der Waals surface area contributed by atoms with Gasteiger partial charge in [-0.1, -0.05) is 66.7 Å². The van der Waals surface area contributed by atoms with E-state index in [4.69, 9.17) is 23.7 Å².